The number of halogens is 1. The van der Waals surface area contributed by atoms with Crippen molar-refractivity contribution >= 4 is 52.0 Å². The number of rotatable bonds is 5. The molecule has 4 aromatic rings. The number of carbonyl (C=O) groups excluding carboxylic acids is 2. The molecule has 3 amide bonds. The van der Waals surface area contributed by atoms with Gasteiger partial charge in [0.2, 0.25) is 0 Å². The highest BCUT2D eigenvalue weighted by molar-refractivity contribution is 6.35. The Morgan fingerprint density at radius 3 is 2.57 bits per heavy atom. The molecular weight excluding hydrogens is 445 g/mol. The summed E-state index contributed by atoms with van der Waals surface area (Å²) < 4.78 is 13.9. The molecule has 0 unspecified atom stereocenters. The van der Waals surface area contributed by atoms with Crippen LogP contribution < -0.4 is 21.3 Å². The first kappa shape index (κ1) is 22.0. The van der Waals surface area contributed by atoms with E-state index < -0.39 is 11.8 Å². The normalized spacial score (nSPS) is 13.3. The molecule has 0 fully saturated rings. The molecule has 0 saturated carbocycles. The highest BCUT2D eigenvalue weighted by atomic mass is 19.1. The van der Waals surface area contributed by atoms with Crippen LogP contribution in [0.2, 0.25) is 0 Å². The first-order valence-corrected chi connectivity index (χ1v) is 11.0. The van der Waals surface area contributed by atoms with Gasteiger partial charge in [-0.1, -0.05) is 18.2 Å². The fourth-order valence-corrected chi connectivity index (χ4v) is 3.87. The molecular formula is C27H22FN5O2. The van der Waals surface area contributed by atoms with Crippen molar-refractivity contribution in [3.8, 4) is 0 Å². The van der Waals surface area contributed by atoms with E-state index in [2.05, 4.69) is 26.3 Å². The van der Waals surface area contributed by atoms with Crippen molar-refractivity contribution < 1.29 is 14.0 Å². The van der Waals surface area contributed by atoms with Crippen molar-refractivity contribution in [1.29, 1.82) is 0 Å². The minimum absolute atomic E-state index is 0.113. The number of hydrogen-bond acceptors (Lipinski definition) is 3. The summed E-state index contributed by atoms with van der Waals surface area (Å²) >= 11 is 0. The SMILES string of the molecule is Cc1ccc(F)c(NC(=O)Nc2cccc(Nc3ccc4c(c3)NC(=O)C4=Cc3ccc[nH]3)c2)c1. The summed E-state index contributed by atoms with van der Waals surface area (Å²) in [5.41, 5.74) is 5.97. The Hall–Kier alpha value is -4.85. The number of H-pyrrole nitrogens is 1. The molecule has 8 heteroatoms. The smallest absolute Gasteiger partial charge is 0.323 e. The zero-order valence-corrected chi connectivity index (χ0v) is 18.8. The number of anilines is 5. The summed E-state index contributed by atoms with van der Waals surface area (Å²) in [4.78, 5) is 27.9. The van der Waals surface area contributed by atoms with Gasteiger partial charge in [-0.05, 0) is 73.2 Å². The third kappa shape index (κ3) is 4.91. The second kappa shape index (κ2) is 9.18. The van der Waals surface area contributed by atoms with E-state index in [0.29, 0.717) is 16.9 Å². The van der Waals surface area contributed by atoms with Crippen LogP contribution >= 0.6 is 0 Å². The van der Waals surface area contributed by atoms with Crippen LogP contribution in [0.25, 0.3) is 11.6 Å². The lowest BCUT2D eigenvalue weighted by Crippen LogP contribution is -2.20. The van der Waals surface area contributed by atoms with Crippen molar-refractivity contribution in [2.24, 2.45) is 0 Å². The van der Waals surface area contributed by atoms with Crippen molar-refractivity contribution in [3.63, 3.8) is 0 Å². The maximum absolute atomic E-state index is 13.9. The minimum atomic E-state index is -0.548. The highest BCUT2D eigenvalue weighted by Crippen LogP contribution is 2.35. The van der Waals surface area contributed by atoms with E-state index in [-0.39, 0.29) is 11.6 Å². The van der Waals surface area contributed by atoms with Gasteiger partial charge in [0.25, 0.3) is 5.91 Å². The van der Waals surface area contributed by atoms with Gasteiger partial charge in [0.05, 0.1) is 16.9 Å². The number of carbonyl (C=O) groups is 2. The minimum Gasteiger partial charge on any atom is -0.362 e. The Balaban J connectivity index is 1.29. The number of fused-ring (bicyclic) bond motifs is 1. The standard InChI is InChI=1S/C27H22FN5O2/c1-16-7-10-23(28)25(12-16)33-27(35)31-19-5-2-4-18(13-19)30-20-8-9-21-22(14-17-6-3-11-29-17)26(34)32-24(21)15-20/h2-15,29-30H,1H3,(H,32,34)(H2,31,33,35). The molecule has 174 valence electrons. The third-order valence-electron chi connectivity index (χ3n) is 5.50. The van der Waals surface area contributed by atoms with Gasteiger partial charge in [-0.15, -0.1) is 0 Å². The Kier molecular flexibility index (Phi) is 5.76. The number of aryl methyl sites for hydroxylation is 1. The number of amides is 3. The van der Waals surface area contributed by atoms with E-state index >= 15 is 0 Å². The second-order valence-corrected chi connectivity index (χ2v) is 8.17. The zero-order chi connectivity index (χ0) is 24.4. The van der Waals surface area contributed by atoms with E-state index in [0.717, 1.165) is 28.2 Å². The summed E-state index contributed by atoms with van der Waals surface area (Å²) in [6.07, 6.45) is 3.62. The molecule has 5 N–H and O–H groups in total. The second-order valence-electron chi connectivity index (χ2n) is 8.17. The fourth-order valence-electron chi connectivity index (χ4n) is 3.87. The molecule has 2 heterocycles. The first-order chi connectivity index (χ1) is 16.9. The van der Waals surface area contributed by atoms with Crippen LogP contribution in [0.15, 0.2) is 79.0 Å². The number of aromatic nitrogens is 1. The van der Waals surface area contributed by atoms with Crippen LogP contribution in [-0.2, 0) is 4.79 Å². The highest BCUT2D eigenvalue weighted by Gasteiger charge is 2.24. The molecule has 7 nitrogen and oxygen atoms in total. The molecule has 0 atom stereocenters. The van der Waals surface area contributed by atoms with Crippen molar-refractivity contribution in [2.75, 3.05) is 21.3 Å². The zero-order valence-electron chi connectivity index (χ0n) is 18.8. The van der Waals surface area contributed by atoms with Gasteiger partial charge in [0.15, 0.2) is 0 Å². The fraction of sp³-hybridized carbons (Fsp3) is 0.0370. The number of nitrogens with one attached hydrogen (secondary N) is 5. The molecule has 0 aliphatic carbocycles. The first-order valence-electron chi connectivity index (χ1n) is 11.0. The average Bonchev–Trinajstić information content (AvgIpc) is 3.44. The molecule has 35 heavy (non-hydrogen) atoms. The van der Waals surface area contributed by atoms with Crippen LogP contribution in [0.3, 0.4) is 0 Å². The predicted octanol–water partition coefficient (Wildman–Crippen LogP) is 6.34. The van der Waals surface area contributed by atoms with E-state index in [1.165, 1.54) is 6.07 Å². The lowest BCUT2D eigenvalue weighted by Gasteiger charge is -2.12. The Morgan fingerprint density at radius 2 is 1.74 bits per heavy atom. The van der Waals surface area contributed by atoms with Gasteiger partial charge < -0.3 is 26.3 Å². The van der Waals surface area contributed by atoms with Crippen LogP contribution in [0.1, 0.15) is 16.8 Å². The average molecular weight is 468 g/mol. The monoisotopic (exact) mass is 467 g/mol. The molecule has 0 radical (unpaired) electrons. The van der Waals surface area contributed by atoms with Gasteiger partial charge in [-0.3, -0.25) is 4.79 Å². The Bertz CT molecular complexity index is 1460. The maximum Gasteiger partial charge on any atom is 0.323 e. The van der Waals surface area contributed by atoms with Gasteiger partial charge in [-0.2, -0.15) is 0 Å². The number of hydrogen-bond donors (Lipinski definition) is 5. The quantitative estimate of drug-likeness (QED) is 0.221. The Labute approximate surface area is 201 Å². The summed E-state index contributed by atoms with van der Waals surface area (Å²) in [5, 5.41) is 11.4. The summed E-state index contributed by atoms with van der Waals surface area (Å²) in [6, 6.07) is 20.5. The number of urea groups is 1. The van der Waals surface area contributed by atoms with Gasteiger partial charge >= 0.3 is 6.03 Å². The largest absolute Gasteiger partial charge is 0.362 e. The molecule has 1 aromatic heterocycles. The summed E-state index contributed by atoms with van der Waals surface area (Å²) in [7, 11) is 0. The lowest BCUT2D eigenvalue weighted by molar-refractivity contribution is -0.110. The van der Waals surface area contributed by atoms with E-state index in [9.17, 15) is 14.0 Å². The maximum atomic E-state index is 13.9. The van der Waals surface area contributed by atoms with Crippen LogP contribution in [0, 0.1) is 12.7 Å². The van der Waals surface area contributed by atoms with Crippen molar-refractivity contribution in [2.45, 2.75) is 6.92 Å². The van der Waals surface area contributed by atoms with E-state index in [4.69, 9.17) is 0 Å². The topological polar surface area (TPSA) is 98.0 Å². The third-order valence-corrected chi connectivity index (χ3v) is 5.50. The summed E-state index contributed by atoms with van der Waals surface area (Å²) in [6.45, 7) is 1.82. The van der Waals surface area contributed by atoms with Crippen molar-refractivity contribution in [3.05, 3.63) is 102 Å². The van der Waals surface area contributed by atoms with Gasteiger partial charge in [0, 0.05) is 34.5 Å². The molecule has 0 bridgehead atoms. The van der Waals surface area contributed by atoms with Crippen LogP contribution in [0.4, 0.5) is 37.6 Å². The molecule has 3 aromatic carbocycles. The molecule has 5 rings (SSSR count). The Morgan fingerprint density at radius 1 is 0.914 bits per heavy atom. The van der Waals surface area contributed by atoms with Crippen molar-refractivity contribution in [1.82, 2.24) is 4.98 Å². The molecule has 1 aliphatic rings. The summed E-state index contributed by atoms with van der Waals surface area (Å²) in [5.74, 6) is -0.662. The molecule has 0 spiro atoms. The number of benzene rings is 3. The van der Waals surface area contributed by atoms with E-state index in [1.807, 2.05) is 49.4 Å². The number of aromatic amines is 1. The predicted molar refractivity (Wildman–Crippen MR) is 137 cm³/mol. The lowest BCUT2D eigenvalue weighted by atomic mass is 10.1. The van der Waals surface area contributed by atoms with Gasteiger partial charge in [-0.25, -0.2) is 9.18 Å². The van der Waals surface area contributed by atoms with Gasteiger partial charge in [0.1, 0.15) is 5.82 Å². The molecule has 1 aliphatic heterocycles. The van der Waals surface area contributed by atoms with Crippen LogP contribution in [-0.4, -0.2) is 16.9 Å². The van der Waals surface area contributed by atoms with Crippen LogP contribution in [0.5, 0.6) is 0 Å². The van der Waals surface area contributed by atoms with E-state index in [1.54, 1.807) is 36.5 Å². The molecule has 0 saturated heterocycles.